The van der Waals surface area contributed by atoms with E-state index in [4.69, 9.17) is 17.3 Å². The number of rotatable bonds is 4. The zero-order chi connectivity index (χ0) is 14.7. The van der Waals surface area contributed by atoms with Crippen molar-refractivity contribution < 1.29 is 0 Å². The summed E-state index contributed by atoms with van der Waals surface area (Å²) >= 11 is 8.38. The summed E-state index contributed by atoms with van der Waals surface area (Å²) in [6, 6.07) is 14.7. The van der Waals surface area contributed by atoms with Gasteiger partial charge in [-0.15, -0.1) is 0 Å². The van der Waals surface area contributed by atoms with Gasteiger partial charge < -0.3 is 5.73 Å². The molecule has 3 heteroatoms. The molecule has 0 amide bonds. The van der Waals surface area contributed by atoms with Crippen molar-refractivity contribution in [2.45, 2.75) is 32.2 Å². The second-order valence-corrected chi connectivity index (χ2v) is 6.95. The molecule has 2 N–H and O–H groups in total. The molecule has 20 heavy (non-hydrogen) atoms. The predicted octanol–water partition coefficient (Wildman–Crippen LogP) is 5.31. The van der Waals surface area contributed by atoms with Gasteiger partial charge in [-0.05, 0) is 63.8 Å². The van der Waals surface area contributed by atoms with E-state index in [1.807, 2.05) is 12.1 Å². The van der Waals surface area contributed by atoms with Gasteiger partial charge in [0.25, 0.3) is 0 Å². The van der Waals surface area contributed by atoms with E-state index in [0.717, 1.165) is 20.6 Å². The molecule has 0 spiro atoms. The molecule has 0 radical (unpaired) electrons. The molecule has 0 saturated heterocycles. The number of hydrogen-bond donors (Lipinski definition) is 1. The van der Waals surface area contributed by atoms with Gasteiger partial charge >= 0.3 is 0 Å². The van der Waals surface area contributed by atoms with Crippen molar-refractivity contribution in [3.63, 3.8) is 0 Å². The van der Waals surface area contributed by atoms with Crippen LogP contribution in [0.4, 0.5) is 0 Å². The first-order chi connectivity index (χ1) is 9.47. The number of hydrogen-bond acceptors (Lipinski definition) is 1. The Kier molecular flexibility index (Phi) is 5.47. The third-order valence-corrected chi connectivity index (χ3v) is 5.05. The molecule has 1 nitrogen and oxygen atoms in total. The maximum absolute atomic E-state index is 6.28. The first-order valence-corrected chi connectivity index (χ1v) is 8.22. The van der Waals surface area contributed by atoms with E-state index in [9.17, 15) is 0 Å². The van der Waals surface area contributed by atoms with Gasteiger partial charge in [0, 0.05) is 9.61 Å². The zero-order valence-electron chi connectivity index (χ0n) is 11.7. The molecule has 0 aliphatic carbocycles. The van der Waals surface area contributed by atoms with Crippen LogP contribution in [0.2, 0.25) is 5.02 Å². The summed E-state index contributed by atoms with van der Waals surface area (Å²) in [5.74, 6) is 0.563. The average molecular weight is 400 g/mol. The molecule has 1 atom stereocenters. The summed E-state index contributed by atoms with van der Waals surface area (Å²) in [6.07, 6.45) is 0.829. The highest BCUT2D eigenvalue weighted by Crippen LogP contribution is 2.24. The topological polar surface area (TPSA) is 26.0 Å². The van der Waals surface area contributed by atoms with Crippen LogP contribution in [0.5, 0.6) is 0 Å². The standard InChI is InChI=1S/C17H19ClIN/c1-11(2)13-5-3-12(4-6-13)9-17(20)14-7-8-16(19)15(18)10-14/h3-8,10-11,17H,9,20H2,1-2H3. The average Bonchev–Trinajstić information content (AvgIpc) is 2.42. The molecule has 0 aromatic heterocycles. The fourth-order valence-electron chi connectivity index (χ4n) is 2.15. The molecule has 2 aromatic carbocycles. The first kappa shape index (κ1) is 15.8. The molecule has 1 unspecified atom stereocenters. The molecule has 0 heterocycles. The van der Waals surface area contributed by atoms with E-state index in [2.05, 4.69) is 66.8 Å². The molecule has 0 aliphatic rings. The third kappa shape index (κ3) is 3.96. The zero-order valence-corrected chi connectivity index (χ0v) is 14.6. The smallest absolute Gasteiger partial charge is 0.0542 e. The normalized spacial score (nSPS) is 12.7. The van der Waals surface area contributed by atoms with Crippen LogP contribution >= 0.6 is 34.2 Å². The van der Waals surface area contributed by atoms with Crippen molar-refractivity contribution in [2.24, 2.45) is 5.73 Å². The summed E-state index contributed by atoms with van der Waals surface area (Å²) in [6.45, 7) is 4.41. The summed E-state index contributed by atoms with van der Waals surface area (Å²) in [5, 5.41) is 0.772. The van der Waals surface area contributed by atoms with Crippen LogP contribution in [-0.4, -0.2) is 0 Å². The highest BCUT2D eigenvalue weighted by atomic mass is 127. The lowest BCUT2D eigenvalue weighted by atomic mass is 9.96. The third-order valence-electron chi connectivity index (χ3n) is 3.47. The van der Waals surface area contributed by atoms with E-state index in [-0.39, 0.29) is 6.04 Å². The van der Waals surface area contributed by atoms with Crippen LogP contribution in [0.1, 0.15) is 42.5 Å². The Balaban J connectivity index is 2.10. The fraction of sp³-hybridized carbons (Fsp3) is 0.294. The van der Waals surface area contributed by atoms with Crippen molar-refractivity contribution in [3.8, 4) is 0 Å². The van der Waals surface area contributed by atoms with Gasteiger partial charge in [0.1, 0.15) is 0 Å². The lowest BCUT2D eigenvalue weighted by Gasteiger charge is -2.14. The lowest BCUT2D eigenvalue weighted by molar-refractivity contribution is 0.721. The van der Waals surface area contributed by atoms with Crippen LogP contribution in [0.15, 0.2) is 42.5 Å². The van der Waals surface area contributed by atoms with E-state index >= 15 is 0 Å². The van der Waals surface area contributed by atoms with Crippen LogP contribution < -0.4 is 5.73 Å². The summed E-state index contributed by atoms with van der Waals surface area (Å²) < 4.78 is 1.06. The molecule has 0 fully saturated rings. The van der Waals surface area contributed by atoms with Crippen LogP contribution in [-0.2, 0) is 6.42 Å². The van der Waals surface area contributed by atoms with Crippen molar-refractivity contribution in [3.05, 3.63) is 67.7 Å². The van der Waals surface area contributed by atoms with Gasteiger partial charge in [0.15, 0.2) is 0 Å². The molecule has 106 valence electrons. The summed E-state index contributed by atoms with van der Waals surface area (Å²) in [4.78, 5) is 0. The maximum Gasteiger partial charge on any atom is 0.0542 e. The van der Waals surface area contributed by atoms with Crippen LogP contribution in [0, 0.1) is 3.57 Å². The van der Waals surface area contributed by atoms with Crippen molar-refractivity contribution >= 4 is 34.2 Å². The van der Waals surface area contributed by atoms with Gasteiger partial charge in [-0.3, -0.25) is 0 Å². The predicted molar refractivity (Wildman–Crippen MR) is 95.3 cm³/mol. The Morgan fingerprint density at radius 2 is 1.65 bits per heavy atom. The van der Waals surface area contributed by atoms with Gasteiger partial charge in [0.05, 0.1) is 5.02 Å². The van der Waals surface area contributed by atoms with Gasteiger partial charge in [0.2, 0.25) is 0 Å². The monoisotopic (exact) mass is 399 g/mol. The van der Waals surface area contributed by atoms with Crippen LogP contribution in [0.25, 0.3) is 0 Å². The second-order valence-electron chi connectivity index (χ2n) is 5.38. The Bertz CT molecular complexity index is 578. The fourth-order valence-corrected chi connectivity index (χ4v) is 2.68. The minimum absolute atomic E-state index is 0.0191. The largest absolute Gasteiger partial charge is 0.324 e. The quantitative estimate of drug-likeness (QED) is 0.693. The van der Waals surface area contributed by atoms with Gasteiger partial charge in [-0.25, -0.2) is 0 Å². The molecule has 0 saturated carbocycles. The molecule has 0 aliphatic heterocycles. The van der Waals surface area contributed by atoms with Crippen molar-refractivity contribution in [2.75, 3.05) is 0 Å². The lowest BCUT2D eigenvalue weighted by Crippen LogP contribution is -2.13. The number of nitrogens with two attached hydrogens (primary N) is 1. The van der Waals surface area contributed by atoms with Crippen molar-refractivity contribution in [1.82, 2.24) is 0 Å². The Labute approximate surface area is 139 Å². The van der Waals surface area contributed by atoms with E-state index in [0.29, 0.717) is 5.92 Å². The first-order valence-electron chi connectivity index (χ1n) is 6.76. The SMILES string of the molecule is CC(C)c1ccc(CC(N)c2ccc(I)c(Cl)c2)cc1. The highest BCUT2D eigenvalue weighted by molar-refractivity contribution is 14.1. The maximum atomic E-state index is 6.28. The number of benzene rings is 2. The second kappa shape index (κ2) is 6.92. The Morgan fingerprint density at radius 1 is 1.05 bits per heavy atom. The summed E-state index contributed by atoms with van der Waals surface area (Å²) in [7, 11) is 0. The molecule has 2 rings (SSSR count). The van der Waals surface area contributed by atoms with Crippen LogP contribution in [0.3, 0.4) is 0 Å². The number of halogens is 2. The van der Waals surface area contributed by atoms with Gasteiger partial charge in [-0.2, -0.15) is 0 Å². The van der Waals surface area contributed by atoms with Crippen molar-refractivity contribution in [1.29, 1.82) is 0 Å². The Morgan fingerprint density at radius 3 is 2.20 bits per heavy atom. The minimum atomic E-state index is -0.0191. The highest BCUT2D eigenvalue weighted by Gasteiger charge is 2.09. The Hall–Kier alpha value is -0.580. The van der Waals surface area contributed by atoms with E-state index in [1.54, 1.807) is 0 Å². The molecule has 2 aromatic rings. The van der Waals surface area contributed by atoms with Gasteiger partial charge in [-0.1, -0.05) is 55.8 Å². The molecular weight excluding hydrogens is 381 g/mol. The molecular formula is C17H19ClIN. The van der Waals surface area contributed by atoms with E-state index < -0.39 is 0 Å². The van der Waals surface area contributed by atoms with E-state index in [1.165, 1.54) is 11.1 Å². The summed E-state index contributed by atoms with van der Waals surface area (Å²) in [5.41, 5.74) is 9.99. The molecule has 0 bridgehead atoms. The minimum Gasteiger partial charge on any atom is -0.324 e.